The van der Waals surface area contributed by atoms with Crippen molar-refractivity contribution >= 4 is 21.6 Å². The normalized spacial score (nSPS) is 15.8. The number of benzene rings is 2. The van der Waals surface area contributed by atoms with E-state index in [0.29, 0.717) is 22.8 Å². The quantitative estimate of drug-likeness (QED) is 0.630. The van der Waals surface area contributed by atoms with E-state index in [1.807, 2.05) is 10.0 Å². The molecule has 4 rings (SSSR count). The average Bonchev–Trinajstić information content (AvgIpc) is 3.03. The van der Waals surface area contributed by atoms with Gasteiger partial charge >= 0.3 is 0 Å². The molecule has 2 heterocycles. The van der Waals surface area contributed by atoms with E-state index in [1.165, 1.54) is 17.1 Å². The molecule has 1 aromatic heterocycles. The number of methoxy groups -OCH3 is 2. The van der Waals surface area contributed by atoms with Gasteiger partial charge in [-0.05, 0) is 43.5 Å². The summed E-state index contributed by atoms with van der Waals surface area (Å²) in [7, 11) is 3.21. The molecule has 0 N–H and O–H groups in total. The second kappa shape index (κ2) is 8.37. The summed E-state index contributed by atoms with van der Waals surface area (Å²) < 4.78 is 13.6. The summed E-state index contributed by atoms with van der Waals surface area (Å²) in [5, 5.41) is 0.712. The number of ether oxygens (including phenoxy) is 2. The van der Waals surface area contributed by atoms with E-state index in [1.54, 1.807) is 20.3 Å². The molecule has 3 aromatic rings. The lowest BCUT2D eigenvalue weighted by Crippen LogP contribution is -2.35. The van der Waals surface area contributed by atoms with Crippen LogP contribution < -0.4 is 15.0 Å². The third-order valence-electron chi connectivity index (χ3n) is 5.53. The third kappa shape index (κ3) is 3.93. The van der Waals surface area contributed by atoms with Crippen LogP contribution in [0.1, 0.15) is 18.4 Å². The summed E-state index contributed by atoms with van der Waals surface area (Å²) in [4.78, 5) is 15.4. The maximum absolute atomic E-state index is 12.8. The van der Waals surface area contributed by atoms with Gasteiger partial charge in [0.05, 0.1) is 24.3 Å². The molecule has 0 bridgehead atoms. The monoisotopic (exact) mass is 398 g/mol. The van der Waals surface area contributed by atoms with Crippen molar-refractivity contribution in [3.63, 3.8) is 0 Å². The highest BCUT2D eigenvalue weighted by molar-refractivity contribution is 7.13. The Morgan fingerprint density at radius 2 is 1.71 bits per heavy atom. The summed E-state index contributed by atoms with van der Waals surface area (Å²) in [5.41, 5.74) is 1.44. The van der Waals surface area contributed by atoms with Crippen LogP contribution >= 0.6 is 11.5 Å². The standard InChI is InChI=1S/C22H26N2O3S/c1-26-19-12-18-21(13-20(19)27-2)28-24(22(18)25)15-17-8-10-23(11-9-17)14-16-6-4-3-5-7-16/h3-7,12-13,17H,8-11,14-15H2,1-2H3. The first-order valence-corrected chi connectivity index (χ1v) is 10.5. The van der Waals surface area contributed by atoms with Gasteiger partial charge in [0, 0.05) is 19.2 Å². The molecule has 6 heteroatoms. The molecule has 0 radical (unpaired) electrons. The SMILES string of the molecule is COc1cc2sn(CC3CCN(Cc4ccccc4)CC3)c(=O)c2cc1OC. The molecule has 1 saturated heterocycles. The van der Waals surface area contributed by atoms with Crippen molar-refractivity contribution < 1.29 is 9.47 Å². The highest BCUT2D eigenvalue weighted by Gasteiger charge is 2.21. The van der Waals surface area contributed by atoms with Gasteiger partial charge in [-0.15, -0.1) is 0 Å². The van der Waals surface area contributed by atoms with Gasteiger partial charge in [0.2, 0.25) is 0 Å². The van der Waals surface area contributed by atoms with E-state index in [4.69, 9.17) is 9.47 Å². The maximum Gasteiger partial charge on any atom is 0.268 e. The number of piperidine rings is 1. The first kappa shape index (κ1) is 19.0. The molecule has 1 fully saturated rings. The second-order valence-corrected chi connectivity index (χ2v) is 8.43. The average molecular weight is 399 g/mol. The molecular formula is C22H26N2O3S. The summed E-state index contributed by atoms with van der Waals surface area (Å²) in [5.74, 6) is 1.81. The maximum atomic E-state index is 12.8. The summed E-state index contributed by atoms with van der Waals surface area (Å²) in [6.07, 6.45) is 2.25. The van der Waals surface area contributed by atoms with Crippen LogP contribution in [-0.4, -0.2) is 36.2 Å². The highest BCUT2D eigenvalue weighted by Crippen LogP contribution is 2.33. The number of hydrogen-bond acceptors (Lipinski definition) is 5. The van der Waals surface area contributed by atoms with E-state index in [0.717, 1.165) is 43.7 Å². The summed E-state index contributed by atoms with van der Waals surface area (Å²) >= 11 is 1.52. The van der Waals surface area contributed by atoms with E-state index in [9.17, 15) is 4.79 Å². The van der Waals surface area contributed by atoms with Crippen LogP contribution in [-0.2, 0) is 13.1 Å². The van der Waals surface area contributed by atoms with Crippen LogP contribution in [0.3, 0.4) is 0 Å². The van der Waals surface area contributed by atoms with Gasteiger partial charge in [-0.25, -0.2) is 0 Å². The second-order valence-electron chi connectivity index (χ2n) is 7.37. The number of hydrogen-bond donors (Lipinski definition) is 0. The van der Waals surface area contributed by atoms with E-state index >= 15 is 0 Å². The van der Waals surface area contributed by atoms with Gasteiger partial charge in [0.15, 0.2) is 11.5 Å². The number of likely N-dealkylation sites (tertiary alicyclic amines) is 1. The molecule has 0 spiro atoms. The largest absolute Gasteiger partial charge is 0.493 e. The lowest BCUT2D eigenvalue weighted by Gasteiger charge is -2.31. The van der Waals surface area contributed by atoms with Gasteiger partial charge in [-0.3, -0.25) is 13.7 Å². The van der Waals surface area contributed by atoms with Crippen molar-refractivity contribution in [1.82, 2.24) is 8.86 Å². The van der Waals surface area contributed by atoms with Gasteiger partial charge < -0.3 is 9.47 Å². The molecule has 0 amide bonds. The van der Waals surface area contributed by atoms with Gasteiger partial charge in [0.25, 0.3) is 5.56 Å². The van der Waals surface area contributed by atoms with Crippen molar-refractivity contribution in [3.8, 4) is 11.5 Å². The van der Waals surface area contributed by atoms with Gasteiger partial charge in [0.1, 0.15) is 0 Å². The molecular weight excluding hydrogens is 372 g/mol. The van der Waals surface area contributed by atoms with Crippen molar-refractivity contribution in [2.45, 2.75) is 25.9 Å². The van der Waals surface area contributed by atoms with Crippen LogP contribution in [0.2, 0.25) is 0 Å². The zero-order valence-corrected chi connectivity index (χ0v) is 17.2. The molecule has 0 unspecified atom stereocenters. The fourth-order valence-electron chi connectivity index (χ4n) is 3.92. The minimum absolute atomic E-state index is 0.0765. The minimum Gasteiger partial charge on any atom is -0.493 e. The Balaban J connectivity index is 1.43. The summed E-state index contributed by atoms with van der Waals surface area (Å²) in [6, 6.07) is 14.3. The fraction of sp³-hybridized carbons (Fsp3) is 0.409. The van der Waals surface area contributed by atoms with Crippen molar-refractivity contribution in [1.29, 1.82) is 0 Å². The van der Waals surface area contributed by atoms with E-state index < -0.39 is 0 Å². The van der Waals surface area contributed by atoms with Crippen LogP contribution in [0, 0.1) is 5.92 Å². The zero-order valence-electron chi connectivity index (χ0n) is 16.4. The Morgan fingerprint density at radius 3 is 2.39 bits per heavy atom. The lowest BCUT2D eigenvalue weighted by molar-refractivity contribution is 0.168. The Morgan fingerprint density at radius 1 is 1.04 bits per heavy atom. The van der Waals surface area contributed by atoms with Crippen LogP contribution in [0.15, 0.2) is 47.3 Å². The van der Waals surface area contributed by atoms with Crippen molar-refractivity contribution in [2.75, 3.05) is 27.3 Å². The Labute approximate surface area is 169 Å². The van der Waals surface area contributed by atoms with Crippen LogP contribution in [0.5, 0.6) is 11.5 Å². The summed E-state index contributed by atoms with van der Waals surface area (Å²) in [6.45, 7) is 3.97. The first-order valence-electron chi connectivity index (χ1n) is 9.70. The van der Waals surface area contributed by atoms with Crippen LogP contribution in [0.4, 0.5) is 0 Å². The highest BCUT2D eigenvalue weighted by atomic mass is 32.1. The predicted molar refractivity (Wildman–Crippen MR) is 114 cm³/mol. The fourth-order valence-corrected chi connectivity index (χ4v) is 5.03. The van der Waals surface area contributed by atoms with Crippen molar-refractivity contribution in [3.05, 3.63) is 58.4 Å². The molecule has 2 aromatic carbocycles. The molecule has 0 atom stereocenters. The minimum atomic E-state index is 0.0765. The molecule has 1 aliphatic rings. The van der Waals surface area contributed by atoms with Gasteiger partial charge in [-0.1, -0.05) is 41.9 Å². The topological polar surface area (TPSA) is 43.7 Å². The number of fused-ring (bicyclic) bond motifs is 1. The molecule has 1 aliphatic heterocycles. The third-order valence-corrected chi connectivity index (χ3v) is 6.60. The predicted octanol–water partition coefficient (Wildman–Crippen LogP) is 3.99. The molecule has 28 heavy (non-hydrogen) atoms. The van der Waals surface area contributed by atoms with E-state index in [2.05, 4.69) is 35.2 Å². The van der Waals surface area contributed by atoms with E-state index in [-0.39, 0.29) is 5.56 Å². The first-order chi connectivity index (χ1) is 13.7. The number of rotatable bonds is 6. The van der Waals surface area contributed by atoms with Crippen LogP contribution in [0.25, 0.3) is 10.1 Å². The molecule has 148 valence electrons. The smallest absolute Gasteiger partial charge is 0.268 e. The lowest BCUT2D eigenvalue weighted by atomic mass is 9.96. The Kier molecular flexibility index (Phi) is 5.69. The number of nitrogens with zero attached hydrogens (tertiary/aromatic N) is 2. The molecule has 0 saturated carbocycles. The Hall–Kier alpha value is -2.31. The van der Waals surface area contributed by atoms with Gasteiger partial charge in [-0.2, -0.15) is 0 Å². The number of aromatic nitrogens is 1. The Bertz CT molecular complexity index is 988. The molecule has 0 aliphatic carbocycles. The van der Waals surface area contributed by atoms with Crippen molar-refractivity contribution in [2.24, 2.45) is 5.92 Å². The molecule has 5 nitrogen and oxygen atoms in total. The zero-order chi connectivity index (χ0) is 19.5.